The van der Waals surface area contributed by atoms with Gasteiger partial charge in [-0.05, 0) is 37.6 Å². The minimum atomic E-state index is -0.0985. The van der Waals surface area contributed by atoms with Gasteiger partial charge in [-0.25, -0.2) is 4.98 Å². The van der Waals surface area contributed by atoms with Gasteiger partial charge in [0, 0.05) is 32.2 Å². The van der Waals surface area contributed by atoms with Crippen molar-refractivity contribution >= 4 is 45.0 Å². The summed E-state index contributed by atoms with van der Waals surface area (Å²) in [6.45, 7) is 6.92. The minimum Gasteiger partial charge on any atom is -0.497 e. The number of halogens is 1. The summed E-state index contributed by atoms with van der Waals surface area (Å²) in [6, 6.07) is 13.5. The molecule has 0 unspecified atom stereocenters. The Labute approximate surface area is 204 Å². The van der Waals surface area contributed by atoms with Crippen LogP contribution in [0.2, 0.25) is 0 Å². The van der Waals surface area contributed by atoms with Gasteiger partial charge in [0.2, 0.25) is 0 Å². The highest BCUT2D eigenvalue weighted by atomic mass is 35.5. The van der Waals surface area contributed by atoms with Gasteiger partial charge in [0.05, 0.1) is 30.5 Å². The van der Waals surface area contributed by atoms with Crippen molar-refractivity contribution in [2.24, 2.45) is 0 Å². The summed E-state index contributed by atoms with van der Waals surface area (Å²) in [5.74, 6) is 1.34. The van der Waals surface area contributed by atoms with E-state index in [0.29, 0.717) is 17.4 Å². The van der Waals surface area contributed by atoms with Crippen LogP contribution in [0.1, 0.15) is 12.0 Å². The lowest BCUT2D eigenvalue weighted by atomic mass is 10.2. The van der Waals surface area contributed by atoms with E-state index in [1.807, 2.05) is 49.4 Å². The van der Waals surface area contributed by atoms with Crippen LogP contribution in [0.25, 0.3) is 10.2 Å². The zero-order valence-electron chi connectivity index (χ0n) is 19.0. The highest BCUT2D eigenvalue weighted by Crippen LogP contribution is 2.31. The topological polar surface area (TPSA) is 64.1 Å². The van der Waals surface area contributed by atoms with Gasteiger partial charge in [-0.2, -0.15) is 0 Å². The molecule has 3 aromatic rings. The van der Waals surface area contributed by atoms with Crippen LogP contribution in [-0.4, -0.2) is 68.9 Å². The fraction of sp³-hybridized carbons (Fsp3) is 0.417. The zero-order valence-corrected chi connectivity index (χ0v) is 20.6. The molecular weight excluding hydrogens is 462 g/mol. The summed E-state index contributed by atoms with van der Waals surface area (Å²) >= 11 is 1.51. The van der Waals surface area contributed by atoms with Crippen molar-refractivity contribution in [1.29, 1.82) is 0 Å². The summed E-state index contributed by atoms with van der Waals surface area (Å²) < 4.78 is 17.5. The van der Waals surface area contributed by atoms with Crippen molar-refractivity contribution in [3.8, 4) is 11.5 Å². The average Bonchev–Trinajstić information content (AvgIpc) is 3.24. The Kier molecular flexibility index (Phi) is 9.31. The first-order chi connectivity index (χ1) is 15.6. The maximum Gasteiger partial charge on any atom is 0.266 e. The van der Waals surface area contributed by atoms with Crippen LogP contribution in [-0.2, 0) is 9.53 Å². The van der Waals surface area contributed by atoms with Gasteiger partial charge in [0.25, 0.3) is 5.91 Å². The average molecular weight is 492 g/mol. The number of amides is 1. The molecule has 0 N–H and O–H groups in total. The van der Waals surface area contributed by atoms with E-state index in [4.69, 9.17) is 19.2 Å². The second-order valence-electron chi connectivity index (χ2n) is 7.78. The number of methoxy groups -OCH3 is 1. The number of rotatable bonds is 9. The molecule has 1 aliphatic rings. The number of carbonyl (C=O) groups excluding carboxylic acids is 1. The second-order valence-corrected chi connectivity index (χ2v) is 8.79. The fourth-order valence-electron chi connectivity index (χ4n) is 3.60. The smallest absolute Gasteiger partial charge is 0.266 e. The highest BCUT2D eigenvalue weighted by Gasteiger charge is 2.21. The summed E-state index contributed by atoms with van der Waals surface area (Å²) in [5, 5.41) is 0.688. The highest BCUT2D eigenvalue weighted by molar-refractivity contribution is 7.22. The van der Waals surface area contributed by atoms with E-state index in [9.17, 15) is 4.79 Å². The lowest BCUT2D eigenvalue weighted by Gasteiger charge is -2.27. The van der Waals surface area contributed by atoms with Gasteiger partial charge in [-0.1, -0.05) is 29.0 Å². The molecule has 7 nitrogen and oxygen atoms in total. The summed E-state index contributed by atoms with van der Waals surface area (Å²) in [4.78, 5) is 22.0. The number of carbonyl (C=O) groups is 1. The Balaban J connectivity index is 0.00000306. The van der Waals surface area contributed by atoms with E-state index in [2.05, 4.69) is 4.90 Å². The van der Waals surface area contributed by atoms with Crippen molar-refractivity contribution < 1.29 is 19.0 Å². The third kappa shape index (κ3) is 6.80. The molecule has 178 valence electrons. The molecule has 4 rings (SSSR count). The molecule has 2 heterocycles. The second kappa shape index (κ2) is 12.2. The van der Waals surface area contributed by atoms with Gasteiger partial charge in [-0.3, -0.25) is 14.6 Å². The SMILES string of the molecule is COc1ccc2sc(N(CCCN3CCOCC3)C(=O)COc3ccc(C)cc3)nc2c1.Cl. The van der Waals surface area contributed by atoms with Crippen LogP contribution in [0.5, 0.6) is 11.5 Å². The van der Waals surface area contributed by atoms with E-state index in [-0.39, 0.29) is 24.9 Å². The number of thiazole rings is 1. The van der Waals surface area contributed by atoms with Crippen LogP contribution >= 0.6 is 23.7 Å². The monoisotopic (exact) mass is 491 g/mol. The van der Waals surface area contributed by atoms with Gasteiger partial charge < -0.3 is 14.2 Å². The molecule has 2 aromatic carbocycles. The normalized spacial score (nSPS) is 14.0. The molecule has 1 saturated heterocycles. The lowest BCUT2D eigenvalue weighted by Crippen LogP contribution is -2.40. The van der Waals surface area contributed by atoms with Crippen molar-refractivity contribution in [3.63, 3.8) is 0 Å². The molecule has 1 aliphatic heterocycles. The number of hydrogen-bond acceptors (Lipinski definition) is 7. The molecule has 0 aliphatic carbocycles. The Morgan fingerprint density at radius 1 is 1.15 bits per heavy atom. The largest absolute Gasteiger partial charge is 0.497 e. The standard InChI is InChI=1S/C24H29N3O4S.ClH/c1-18-4-6-19(7-5-18)31-17-23(28)27(11-3-10-26-12-14-30-15-13-26)24-25-21-16-20(29-2)8-9-22(21)32-24;/h4-9,16H,3,10-15,17H2,1-2H3;1H. The fourth-order valence-corrected chi connectivity index (χ4v) is 4.59. The number of hydrogen-bond donors (Lipinski definition) is 0. The number of fused-ring (bicyclic) bond motifs is 1. The maximum absolute atomic E-state index is 13.2. The van der Waals surface area contributed by atoms with E-state index < -0.39 is 0 Å². The molecule has 0 bridgehead atoms. The van der Waals surface area contributed by atoms with E-state index in [1.54, 1.807) is 12.0 Å². The van der Waals surface area contributed by atoms with Gasteiger partial charge in [0.15, 0.2) is 11.7 Å². The zero-order chi connectivity index (χ0) is 22.3. The van der Waals surface area contributed by atoms with Crippen LogP contribution < -0.4 is 14.4 Å². The number of morpholine rings is 1. The van der Waals surface area contributed by atoms with Crippen LogP contribution in [0.15, 0.2) is 42.5 Å². The van der Waals surface area contributed by atoms with E-state index in [0.717, 1.165) is 60.8 Å². The predicted octanol–water partition coefficient (Wildman–Crippen LogP) is 4.17. The number of anilines is 1. The number of aromatic nitrogens is 1. The Morgan fingerprint density at radius 2 is 1.88 bits per heavy atom. The van der Waals surface area contributed by atoms with Gasteiger partial charge in [-0.15, -0.1) is 12.4 Å². The third-order valence-corrected chi connectivity index (χ3v) is 6.52. The van der Waals surface area contributed by atoms with Crippen LogP contribution in [0.3, 0.4) is 0 Å². The number of nitrogens with zero attached hydrogens (tertiary/aromatic N) is 3. The van der Waals surface area contributed by atoms with Crippen molar-refractivity contribution in [1.82, 2.24) is 9.88 Å². The summed E-state index contributed by atoms with van der Waals surface area (Å²) in [7, 11) is 1.64. The molecule has 0 spiro atoms. The molecule has 1 amide bonds. The van der Waals surface area contributed by atoms with E-state index in [1.165, 1.54) is 11.3 Å². The Morgan fingerprint density at radius 3 is 2.61 bits per heavy atom. The summed E-state index contributed by atoms with van der Waals surface area (Å²) in [5.41, 5.74) is 1.98. The molecule has 33 heavy (non-hydrogen) atoms. The quantitative estimate of drug-likeness (QED) is 0.447. The molecule has 9 heteroatoms. The number of aryl methyl sites for hydroxylation is 1. The molecule has 1 aromatic heterocycles. The first-order valence-electron chi connectivity index (χ1n) is 10.9. The molecule has 0 atom stereocenters. The van der Waals surface area contributed by atoms with Gasteiger partial charge in [0.1, 0.15) is 11.5 Å². The van der Waals surface area contributed by atoms with Crippen LogP contribution in [0.4, 0.5) is 5.13 Å². The lowest BCUT2D eigenvalue weighted by molar-refractivity contribution is -0.120. The summed E-state index contributed by atoms with van der Waals surface area (Å²) in [6.07, 6.45) is 0.857. The number of ether oxygens (including phenoxy) is 3. The van der Waals surface area contributed by atoms with Crippen molar-refractivity contribution in [2.75, 3.05) is 58.0 Å². The van der Waals surface area contributed by atoms with Crippen molar-refractivity contribution in [3.05, 3.63) is 48.0 Å². The van der Waals surface area contributed by atoms with Crippen LogP contribution in [0, 0.1) is 6.92 Å². The Hall–Kier alpha value is -2.39. The first kappa shape index (κ1) is 25.2. The maximum atomic E-state index is 13.2. The van der Waals surface area contributed by atoms with Crippen molar-refractivity contribution in [2.45, 2.75) is 13.3 Å². The predicted molar refractivity (Wildman–Crippen MR) is 134 cm³/mol. The van der Waals surface area contributed by atoms with Gasteiger partial charge >= 0.3 is 0 Å². The third-order valence-electron chi connectivity index (χ3n) is 5.46. The molecule has 1 fully saturated rings. The van der Waals surface area contributed by atoms with E-state index >= 15 is 0 Å². The molecular formula is C24H30ClN3O4S. The molecule has 0 radical (unpaired) electrons. The Bertz CT molecular complexity index is 1040. The first-order valence-corrected chi connectivity index (χ1v) is 11.7. The minimum absolute atomic E-state index is 0. The molecule has 0 saturated carbocycles. The number of benzene rings is 2.